The van der Waals surface area contributed by atoms with Crippen molar-refractivity contribution in [2.24, 2.45) is 5.73 Å². The number of carbonyl (C=O) groups is 2. The van der Waals surface area contributed by atoms with Gasteiger partial charge in [0.25, 0.3) is 0 Å². The number of primary amides is 1. The van der Waals surface area contributed by atoms with Crippen molar-refractivity contribution in [3.8, 4) is 0 Å². The van der Waals surface area contributed by atoms with Crippen LogP contribution in [0.5, 0.6) is 0 Å². The largest absolute Gasteiger partial charge is 0.369 e. The Bertz CT molecular complexity index is 282. The van der Waals surface area contributed by atoms with Crippen molar-refractivity contribution in [3.05, 3.63) is 0 Å². The molecule has 1 amide bonds. The molecule has 0 atom stereocenters. The van der Waals surface area contributed by atoms with E-state index in [0.29, 0.717) is 12.3 Å². The summed E-state index contributed by atoms with van der Waals surface area (Å²) in [7, 11) is 0. The average molecular weight is 269 g/mol. The van der Waals surface area contributed by atoms with Crippen LogP contribution in [0.2, 0.25) is 0 Å². The molecule has 0 bridgehead atoms. The maximum atomic E-state index is 10.6. The summed E-state index contributed by atoms with van der Waals surface area (Å²) >= 11 is 0. The zero-order chi connectivity index (χ0) is 14.1. The third-order valence-electron chi connectivity index (χ3n) is 3.56. The van der Waals surface area contributed by atoms with Crippen molar-refractivity contribution in [1.82, 2.24) is 9.80 Å². The lowest BCUT2D eigenvalue weighted by Crippen LogP contribution is -2.31. The number of likely N-dealkylation sites (tertiary alicyclic amines) is 2. The summed E-state index contributed by atoms with van der Waals surface area (Å²) in [5.41, 5.74) is 4.99. The molecule has 2 fully saturated rings. The Morgan fingerprint density at radius 2 is 1.42 bits per heavy atom. The summed E-state index contributed by atoms with van der Waals surface area (Å²) in [6, 6.07) is 0. The van der Waals surface area contributed by atoms with Gasteiger partial charge in [-0.25, -0.2) is 0 Å². The fourth-order valence-corrected chi connectivity index (χ4v) is 2.48. The Balaban J connectivity index is 0.000000191. The molecule has 0 aromatic heterocycles. The average Bonchev–Trinajstić information content (AvgIpc) is 2.98. The van der Waals surface area contributed by atoms with Crippen molar-refractivity contribution in [3.63, 3.8) is 0 Å². The van der Waals surface area contributed by atoms with Crippen LogP contribution in [-0.4, -0.2) is 60.8 Å². The predicted octanol–water partition coefficient (Wildman–Crippen LogP) is 0.629. The van der Waals surface area contributed by atoms with Crippen molar-refractivity contribution in [1.29, 1.82) is 0 Å². The first kappa shape index (κ1) is 16.1. The van der Waals surface area contributed by atoms with Crippen LogP contribution in [0.15, 0.2) is 0 Å². The first-order chi connectivity index (χ1) is 9.08. The summed E-state index contributed by atoms with van der Waals surface area (Å²) in [6.07, 6.45) is 5.80. The van der Waals surface area contributed by atoms with Crippen LogP contribution in [0.4, 0.5) is 0 Å². The molecule has 2 rings (SSSR count). The molecule has 19 heavy (non-hydrogen) atoms. The number of amides is 1. The SMILES string of the molecule is CC(=O)CCN1CCCC1.NC(=O)CN1CCCC1. The Kier molecular flexibility index (Phi) is 7.67. The molecule has 5 heteroatoms. The predicted molar refractivity (Wildman–Crippen MR) is 75.8 cm³/mol. The third-order valence-corrected chi connectivity index (χ3v) is 3.56. The lowest BCUT2D eigenvalue weighted by Gasteiger charge is -2.11. The van der Waals surface area contributed by atoms with Crippen molar-refractivity contribution in [2.75, 3.05) is 39.3 Å². The number of nitrogens with zero attached hydrogens (tertiary/aromatic N) is 2. The quantitative estimate of drug-likeness (QED) is 0.795. The fourth-order valence-electron chi connectivity index (χ4n) is 2.48. The first-order valence-corrected chi connectivity index (χ1v) is 7.30. The molecular weight excluding hydrogens is 242 g/mol. The molecule has 0 radical (unpaired) electrons. The lowest BCUT2D eigenvalue weighted by molar-refractivity contribution is -0.119. The van der Waals surface area contributed by atoms with E-state index in [1.54, 1.807) is 6.92 Å². The van der Waals surface area contributed by atoms with Crippen LogP contribution < -0.4 is 5.73 Å². The number of rotatable bonds is 5. The highest BCUT2D eigenvalue weighted by atomic mass is 16.1. The van der Waals surface area contributed by atoms with Gasteiger partial charge in [0.1, 0.15) is 5.78 Å². The molecule has 2 N–H and O–H groups in total. The van der Waals surface area contributed by atoms with E-state index in [-0.39, 0.29) is 5.91 Å². The molecule has 2 saturated heterocycles. The minimum atomic E-state index is -0.211. The van der Waals surface area contributed by atoms with Crippen molar-refractivity contribution < 1.29 is 9.59 Å². The van der Waals surface area contributed by atoms with E-state index >= 15 is 0 Å². The third kappa shape index (κ3) is 7.95. The van der Waals surface area contributed by atoms with Gasteiger partial charge in [0.2, 0.25) is 5.91 Å². The van der Waals surface area contributed by atoms with E-state index in [1.165, 1.54) is 38.8 Å². The minimum absolute atomic E-state index is 0.211. The summed E-state index contributed by atoms with van der Waals surface area (Å²) in [4.78, 5) is 25.4. The van der Waals surface area contributed by atoms with Gasteiger partial charge in [-0.2, -0.15) is 0 Å². The van der Waals surface area contributed by atoms with Crippen molar-refractivity contribution in [2.45, 2.75) is 39.0 Å². The van der Waals surface area contributed by atoms with E-state index in [0.717, 1.165) is 26.1 Å². The van der Waals surface area contributed by atoms with Gasteiger partial charge < -0.3 is 10.6 Å². The van der Waals surface area contributed by atoms with Gasteiger partial charge in [0.15, 0.2) is 0 Å². The topological polar surface area (TPSA) is 66.6 Å². The fraction of sp³-hybridized carbons (Fsp3) is 0.857. The van der Waals surface area contributed by atoms with Gasteiger partial charge in [-0.3, -0.25) is 14.5 Å². The lowest BCUT2D eigenvalue weighted by atomic mass is 10.3. The van der Waals surface area contributed by atoms with Crippen LogP contribution in [0.25, 0.3) is 0 Å². The summed E-state index contributed by atoms with van der Waals surface area (Å²) < 4.78 is 0. The van der Waals surface area contributed by atoms with Gasteiger partial charge in [-0.1, -0.05) is 0 Å². The zero-order valence-electron chi connectivity index (χ0n) is 12.1. The Morgan fingerprint density at radius 1 is 0.947 bits per heavy atom. The second kappa shape index (κ2) is 9.04. The maximum Gasteiger partial charge on any atom is 0.231 e. The monoisotopic (exact) mass is 269 g/mol. The number of hydrogen-bond donors (Lipinski definition) is 1. The molecule has 2 aliphatic rings. The number of nitrogens with two attached hydrogens (primary N) is 1. The second-order valence-corrected chi connectivity index (χ2v) is 5.45. The highest BCUT2D eigenvalue weighted by Crippen LogP contribution is 2.07. The van der Waals surface area contributed by atoms with Gasteiger partial charge in [0.05, 0.1) is 6.54 Å². The van der Waals surface area contributed by atoms with E-state index in [4.69, 9.17) is 5.73 Å². The summed E-state index contributed by atoms with van der Waals surface area (Å²) in [5, 5.41) is 0. The molecule has 110 valence electrons. The van der Waals surface area contributed by atoms with E-state index in [2.05, 4.69) is 9.80 Å². The smallest absolute Gasteiger partial charge is 0.231 e. The Hall–Kier alpha value is -0.940. The van der Waals surface area contributed by atoms with Gasteiger partial charge in [0, 0.05) is 13.0 Å². The van der Waals surface area contributed by atoms with Crippen LogP contribution >= 0.6 is 0 Å². The molecule has 0 aromatic rings. The van der Waals surface area contributed by atoms with Crippen LogP contribution in [0.3, 0.4) is 0 Å². The summed E-state index contributed by atoms with van der Waals surface area (Å²) in [5.74, 6) is 0.101. The highest BCUT2D eigenvalue weighted by molar-refractivity contribution is 5.76. The van der Waals surface area contributed by atoms with Crippen molar-refractivity contribution >= 4 is 11.7 Å². The minimum Gasteiger partial charge on any atom is -0.369 e. The van der Waals surface area contributed by atoms with E-state index in [9.17, 15) is 9.59 Å². The van der Waals surface area contributed by atoms with Gasteiger partial charge in [-0.15, -0.1) is 0 Å². The van der Waals surface area contributed by atoms with Crippen LogP contribution in [0, 0.1) is 0 Å². The molecule has 0 saturated carbocycles. The molecular formula is C14H27N3O2. The number of carbonyl (C=O) groups excluding carboxylic acids is 2. The van der Waals surface area contributed by atoms with Crippen LogP contribution in [-0.2, 0) is 9.59 Å². The first-order valence-electron chi connectivity index (χ1n) is 7.30. The molecule has 2 heterocycles. The maximum absolute atomic E-state index is 10.6. The van der Waals surface area contributed by atoms with Gasteiger partial charge in [-0.05, 0) is 58.8 Å². The Labute approximate surface area is 116 Å². The molecule has 0 unspecified atom stereocenters. The zero-order valence-corrected chi connectivity index (χ0v) is 12.1. The normalized spacial score (nSPS) is 20.1. The highest BCUT2D eigenvalue weighted by Gasteiger charge is 2.12. The second-order valence-electron chi connectivity index (χ2n) is 5.45. The molecule has 0 aliphatic carbocycles. The number of hydrogen-bond acceptors (Lipinski definition) is 4. The molecule has 2 aliphatic heterocycles. The molecule has 0 aromatic carbocycles. The number of ketones is 1. The van der Waals surface area contributed by atoms with Crippen LogP contribution in [0.1, 0.15) is 39.0 Å². The van der Waals surface area contributed by atoms with Gasteiger partial charge >= 0.3 is 0 Å². The van der Waals surface area contributed by atoms with E-state index < -0.39 is 0 Å². The standard InChI is InChI=1S/C8H15NO.C6H12N2O/c1-8(10)4-7-9-5-2-3-6-9;7-6(9)5-8-3-1-2-4-8/h2-7H2,1H3;1-5H2,(H2,7,9). The number of Topliss-reactive ketones (excluding diaryl/α,β-unsaturated/α-hetero) is 1. The molecule has 0 spiro atoms. The summed E-state index contributed by atoms with van der Waals surface area (Å²) in [6.45, 7) is 7.58. The Morgan fingerprint density at radius 3 is 1.84 bits per heavy atom. The molecule has 5 nitrogen and oxygen atoms in total. The van der Waals surface area contributed by atoms with E-state index in [1.807, 2.05) is 0 Å².